The number of nitrogens with zero attached hydrogens (tertiary/aromatic N) is 5. The van der Waals surface area contributed by atoms with Crippen molar-refractivity contribution in [2.75, 3.05) is 6.54 Å². The highest BCUT2D eigenvalue weighted by molar-refractivity contribution is 6.30. The standard InChI is InChI=1S/C22H14ClF4N5O2/c23-14-5-6-16(24)15(9-14)17-10-28-18-11-31(7-8-32(17)18)20(33)13-3-1-12(2-4-13)19-29-21(34-30-19)22(25,26)27/h1-6,9-10H,7-8,11H2. The molecular weight excluding hydrogens is 478 g/mol. The average molecular weight is 492 g/mol. The summed E-state index contributed by atoms with van der Waals surface area (Å²) in [5, 5.41) is 3.74. The van der Waals surface area contributed by atoms with Crippen molar-refractivity contribution in [3.63, 3.8) is 0 Å². The molecule has 7 nitrogen and oxygen atoms in total. The zero-order chi connectivity index (χ0) is 24.0. The number of amides is 1. The van der Waals surface area contributed by atoms with Crippen LogP contribution in [0.1, 0.15) is 22.1 Å². The zero-order valence-electron chi connectivity index (χ0n) is 17.2. The molecule has 1 amide bonds. The van der Waals surface area contributed by atoms with Gasteiger partial charge in [0.05, 0.1) is 18.4 Å². The predicted molar refractivity (Wildman–Crippen MR) is 112 cm³/mol. The average Bonchev–Trinajstić information content (AvgIpc) is 3.47. The molecule has 1 aliphatic heterocycles. The second kappa shape index (κ2) is 8.24. The van der Waals surface area contributed by atoms with E-state index in [0.29, 0.717) is 40.8 Å². The molecule has 0 aliphatic carbocycles. The summed E-state index contributed by atoms with van der Waals surface area (Å²) in [6.45, 7) is 0.977. The Morgan fingerprint density at radius 2 is 1.85 bits per heavy atom. The minimum absolute atomic E-state index is 0.211. The Labute approximate surface area is 194 Å². The molecule has 0 saturated carbocycles. The van der Waals surface area contributed by atoms with Crippen LogP contribution in [0.3, 0.4) is 0 Å². The minimum Gasteiger partial charge on any atom is -0.329 e. The predicted octanol–water partition coefficient (Wildman–Crippen LogP) is 5.07. The van der Waals surface area contributed by atoms with Gasteiger partial charge in [0.25, 0.3) is 5.91 Å². The Kier molecular flexibility index (Phi) is 5.35. The first kappa shape index (κ1) is 22.1. The van der Waals surface area contributed by atoms with Crippen LogP contribution in [-0.2, 0) is 19.3 Å². The van der Waals surface area contributed by atoms with Crippen molar-refractivity contribution in [2.24, 2.45) is 0 Å². The van der Waals surface area contributed by atoms with Gasteiger partial charge in [0, 0.05) is 34.8 Å². The fourth-order valence-corrected chi connectivity index (χ4v) is 3.91. The molecule has 0 saturated heterocycles. The molecule has 0 radical (unpaired) electrons. The fourth-order valence-electron chi connectivity index (χ4n) is 3.74. The van der Waals surface area contributed by atoms with Gasteiger partial charge in [-0.2, -0.15) is 18.2 Å². The summed E-state index contributed by atoms with van der Waals surface area (Å²) >= 11 is 6.01. The number of carbonyl (C=O) groups excluding carboxylic acids is 1. The maximum atomic E-state index is 14.3. The number of benzene rings is 2. The molecule has 12 heteroatoms. The van der Waals surface area contributed by atoms with E-state index in [0.717, 1.165) is 0 Å². The lowest BCUT2D eigenvalue weighted by Gasteiger charge is -2.29. The van der Waals surface area contributed by atoms with E-state index in [1.165, 1.54) is 42.5 Å². The van der Waals surface area contributed by atoms with Crippen LogP contribution in [0.25, 0.3) is 22.6 Å². The molecule has 5 rings (SSSR count). The topological polar surface area (TPSA) is 77.0 Å². The number of aromatic nitrogens is 4. The highest BCUT2D eigenvalue weighted by atomic mass is 35.5. The van der Waals surface area contributed by atoms with Gasteiger partial charge < -0.3 is 14.0 Å². The summed E-state index contributed by atoms with van der Waals surface area (Å²) in [6.07, 6.45) is -3.19. The van der Waals surface area contributed by atoms with Gasteiger partial charge in [0.1, 0.15) is 11.6 Å². The molecule has 0 fully saturated rings. The summed E-state index contributed by atoms with van der Waals surface area (Å²) in [4.78, 5) is 22.3. The monoisotopic (exact) mass is 491 g/mol. The molecule has 4 aromatic rings. The quantitative estimate of drug-likeness (QED) is 0.374. The molecule has 0 bridgehead atoms. The molecule has 1 aliphatic rings. The third-order valence-corrected chi connectivity index (χ3v) is 5.65. The Bertz CT molecular complexity index is 1380. The van der Waals surface area contributed by atoms with E-state index in [-0.39, 0.29) is 23.8 Å². The number of fused-ring (bicyclic) bond motifs is 1. The van der Waals surface area contributed by atoms with Gasteiger partial charge in [-0.25, -0.2) is 9.37 Å². The molecule has 0 N–H and O–H groups in total. The SMILES string of the molecule is O=C(c1ccc(-c2noc(C(F)(F)F)n2)cc1)N1CCn2c(-c3cc(Cl)ccc3F)cnc2C1. The van der Waals surface area contributed by atoms with Gasteiger partial charge in [-0.3, -0.25) is 4.79 Å². The van der Waals surface area contributed by atoms with Crippen molar-refractivity contribution in [2.45, 2.75) is 19.3 Å². The van der Waals surface area contributed by atoms with Gasteiger partial charge in [-0.15, -0.1) is 0 Å². The molecule has 3 heterocycles. The van der Waals surface area contributed by atoms with E-state index in [1.54, 1.807) is 11.1 Å². The third kappa shape index (κ3) is 4.03. The number of halogens is 5. The molecule has 174 valence electrons. The van der Waals surface area contributed by atoms with Crippen LogP contribution in [-0.4, -0.2) is 37.0 Å². The van der Waals surface area contributed by atoms with Crippen molar-refractivity contribution in [3.8, 4) is 22.6 Å². The van der Waals surface area contributed by atoms with Crippen molar-refractivity contribution in [3.05, 3.63) is 76.8 Å². The van der Waals surface area contributed by atoms with E-state index in [4.69, 9.17) is 11.6 Å². The molecule has 0 spiro atoms. The van der Waals surface area contributed by atoms with Gasteiger partial charge in [0.15, 0.2) is 0 Å². The van der Waals surface area contributed by atoms with E-state index < -0.39 is 17.9 Å². The number of hydrogen-bond donors (Lipinski definition) is 0. The first-order valence-corrected chi connectivity index (χ1v) is 10.4. The molecule has 2 aromatic heterocycles. The van der Waals surface area contributed by atoms with Crippen LogP contribution in [0.5, 0.6) is 0 Å². The van der Waals surface area contributed by atoms with Gasteiger partial charge in [-0.05, 0) is 30.3 Å². The molecule has 2 aromatic carbocycles. The van der Waals surface area contributed by atoms with Gasteiger partial charge in [0.2, 0.25) is 5.82 Å². The Morgan fingerprint density at radius 3 is 2.56 bits per heavy atom. The lowest BCUT2D eigenvalue weighted by molar-refractivity contribution is -0.159. The minimum atomic E-state index is -4.74. The first-order chi connectivity index (χ1) is 16.2. The van der Waals surface area contributed by atoms with E-state index >= 15 is 0 Å². The van der Waals surface area contributed by atoms with Crippen LogP contribution in [0.15, 0.2) is 53.2 Å². The van der Waals surface area contributed by atoms with Crippen molar-refractivity contribution in [1.82, 2.24) is 24.6 Å². The number of imidazole rings is 1. The Hall–Kier alpha value is -3.73. The molecule has 34 heavy (non-hydrogen) atoms. The van der Waals surface area contributed by atoms with Crippen LogP contribution >= 0.6 is 11.6 Å². The van der Waals surface area contributed by atoms with Crippen molar-refractivity contribution < 1.29 is 26.9 Å². The first-order valence-electron chi connectivity index (χ1n) is 10.0. The smallest absolute Gasteiger partial charge is 0.329 e. The van der Waals surface area contributed by atoms with Crippen LogP contribution in [0.2, 0.25) is 5.02 Å². The fraction of sp³-hybridized carbons (Fsp3) is 0.182. The van der Waals surface area contributed by atoms with E-state index in [9.17, 15) is 22.4 Å². The zero-order valence-corrected chi connectivity index (χ0v) is 17.9. The maximum Gasteiger partial charge on any atom is 0.471 e. The number of hydrogen-bond acceptors (Lipinski definition) is 5. The summed E-state index contributed by atoms with van der Waals surface area (Å²) < 4.78 is 58.4. The van der Waals surface area contributed by atoms with Crippen molar-refractivity contribution >= 4 is 17.5 Å². The molecule has 0 unspecified atom stereocenters. The van der Waals surface area contributed by atoms with Crippen LogP contribution in [0.4, 0.5) is 17.6 Å². The van der Waals surface area contributed by atoms with Gasteiger partial charge in [-0.1, -0.05) is 28.9 Å². The lowest BCUT2D eigenvalue weighted by atomic mass is 10.1. The number of alkyl halides is 3. The molecule has 0 atom stereocenters. The summed E-state index contributed by atoms with van der Waals surface area (Å²) in [6, 6.07) is 10.1. The highest BCUT2D eigenvalue weighted by Crippen LogP contribution is 2.31. The largest absolute Gasteiger partial charge is 0.471 e. The lowest BCUT2D eigenvalue weighted by Crippen LogP contribution is -2.38. The van der Waals surface area contributed by atoms with Gasteiger partial charge >= 0.3 is 12.1 Å². The summed E-state index contributed by atoms with van der Waals surface area (Å²) in [5.74, 6) is -1.78. The highest BCUT2D eigenvalue weighted by Gasteiger charge is 2.38. The maximum absolute atomic E-state index is 14.3. The normalized spacial score (nSPS) is 13.7. The second-order valence-corrected chi connectivity index (χ2v) is 8.00. The van der Waals surface area contributed by atoms with Crippen LogP contribution < -0.4 is 0 Å². The third-order valence-electron chi connectivity index (χ3n) is 5.41. The van der Waals surface area contributed by atoms with Crippen molar-refractivity contribution in [1.29, 1.82) is 0 Å². The molecular formula is C22H14ClF4N5O2. The summed E-state index contributed by atoms with van der Waals surface area (Å²) in [5.41, 5.74) is 1.52. The number of rotatable bonds is 3. The second-order valence-electron chi connectivity index (χ2n) is 7.56. The number of carbonyl (C=O) groups is 1. The Morgan fingerprint density at radius 1 is 1.09 bits per heavy atom. The van der Waals surface area contributed by atoms with Crippen LogP contribution in [0, 0.1) is 5.82 Å². The van der Waals surface area contributed by atoms with E-state index in [2.05, 4.69) is 19.6 Å². The van der Waals surface area contributed by atoms with E-state index in [1.807, 2.05) is 4.57 Å². The Balaban J connectivity index is 1.33. The summed E-state index contributed by atoms with van der Waals surface area (Å²) in [7, 11) is 0.